The van der Waals surface area contributed by atoms with Gasteiger partial charge in [-0.1, -0.05) is 0 Å². The second-order valence-corrected chi connectivity index (χ2v) is 5.97. The normalized spacial score (nSPS) is 12.6. The summed E-state index contributed by atoms with van der Waals surface area (Å²) >= 11 is 2.78. The maximum atomic E-state index is 11.8. The van der Waals surface area contributed by atoms with Crippen LogP contribution in [0.5, 0.6) is 5.75 Å². The lowest BCUT2D eigenvalue weighted by Crippen LogP contribution is -2.17. The van der Waals surface area contributed by atoms with E-state index in [9.17, 15) is 21.6 Å². The van der Waals surface area contributed by atoms with E-state index in [1.807, 2.05) is 0 Å². The van der Waals surface area contributed by atoms with Crippen molar-refractivity contribution >= 4 is 35.7 Å². The molecule has 1 rings (SSSR count). The molecule has 0 radical (unpaired) electrons. The largest absolute Gasteiger partial charge is 0.573 e. The van der Waals surface area contributed by atoms with Crippen molar-refractivity contribution in [1.82, 2.24) is 0 Å². The van der Waals surface area contributed by atoms with Gasteiger partial charge in [-0.2, -0.15) is 0 Å². The zero-order valence-corrected chi connectivity index (χ0v) is 10.4. The van der Waals surface area contributed by atoms with Gasteiger partial charge in [-0.05, 0) is 34.1 Å². The summed E-state index contributed by atoms with van der Waals surface area (Å²) in [7, 11) is 1.02. The van der Waals surface area contributed by atoms with Gasteiger partial charge < -0.3 is 4.74 Å². The second kappa shape index (κ2) is 4.42. The SMILES string of the molecule is O=S(=O)(Cl)c1ccc(OC(F)(F)F)cc1Br. The van der Waals surface area contributed by atoms with Gasteiger partial charge in [0, 0.05) is 15.2 Å². The third-order valence-corrected chi connectivity index (χ3v) is 3.70. The summed E-state index contributed by atoms with van der Waals surface area (Å²) in [5, 5.41) is 0. The molecule has 0 N–H and O–H groups in total. The topological polar surface area (TPSA) is 43.4 Å². The minimum Gasteiger partial charge on any atom is -0.406 e. The van der Waals surface area contributed by atoms with Gasteiger partial charge in [-0.3, -0.25) is 0 Å². The van der Waals surface area contributed by atoms with E-state index in [0.29, 0.717) is 0 Å². The quantitative estimate of drug-likeness (QED) is 0.777. The molecule has 0 aliphatic carbocycles. The Balaban J connectivity index is 3.10. The first-order valence-corrected chi connectivity index (χ1v) is 6.70. The molecule has 0 aliphatic heterocycles. The summed E-state index contributed by atoms with van der Waals surface area (Å²) in [6.07, 6.45) is -4.83. The van der Waals surface area contributed by atoms with Gasteiger partial charge in [0.15, 0.2) is 0 Å². The summed E-state index contributed by atoms with van der Waals surface area (Å²) in [4.78, 5) is -0.330. The molecule has 16 heavy (non-hydrogen) atoms. The maximum Gasteiger partial charge on any atom is 0.573 e. The first kappa shape index (κ1) is 13.6. The van der Waals surface area contributed by atoms with E-state index in [1.165, 1.54) is 0 Å². The number of hydrogen-bond acceptors (Lipinski definition) is 3. The van der Waals surface area contributed by atoms with E-state index in [1.54, 1.807) is 0 Å². The molecule has 9 heteroatoms. The maximum absolute atomic E-state index is 11.8. The smallest absolute Gasteiger partial charge is 0.406 e. The van der Waals surface area contributed by atoms with Crippen molar-refractivity contribution in [2.24, 2.45) is 0 Å². The lowest BCUT2D eigenvalue weighted by Gasteiger charge is -2.09. The third kappa shape index (κ3) is 3.84. The Morgan fingerprint density at radius 3 is 2.25 bits per heavy atom. The minimum absolute atomic E-state index is 0.107. The molecule has 90 valence electrons. The van der Waals surface area contributed by atoms with Crippen LogP contribution in [0.2, 0.25) is 0 Å². The molecule has 1 aromatic carbocycles. The summed E-state index contributed by atoms with van der Waals surface area (Å²) in [5.74, 6) is -0.538. The predicted octanol–water partition coefficient (Wildman–Crippen LogP) is 3.28. The van der Waals surface area contributed by atoms with Crippen LogP contribution < -0.4 is 4.74 Å². The van der Waals surface area contributed by atoms with E-state index >= 15 is 0 Å². The number of alkyl halides is 3. The Morgan fingerprint density at radius 1 is 1.31 bits per heavy atom. The van der Waals surface area contributed by atoms with Crippen molar-refractivity contribution < 1.29 is 26.3 Å². The lowest BCUT2D eigenvalue weighted by molar-refractivity contribution is -0.274. The highest BCUT2D eigenvalue weighted by atomic mass is 79.9. The molecule has 0 spiro atoms. The summed E-state index contributed by atoms with van der Waals surface area (Å²) in [5.41, 5.74) is 0. The molecule has 3 nitrogen and oxygen atoms in total. The van der Waals surface area contributed by atoms with Gasteiger partial charge in [-0.15, -0.1) is 13.2 Å². The van der Waals surface area contributed by atoms with Gasteiger partial charge in [0.1, 0.15) is 5.75 Å². The van der Waals surface area contributed by atoms with Crippen molar-refractivity contribution in [3.63, 3.8) is 0 Å². The highest BCUT2D eigenvalue weighted by molar-refractivity contribution is 9.10. The van der Waals surface area contributed by atoms with Crippen molar-refractivity contribution in [1.29, 1.82) is 0 Å². The molecule has 0 fully saturated rings. The molecule has 0 aliphatic rings. The fraction of sp³-hybridized carbons (Fsp3) is 0.143. The minimum atomic E-state index is -4.83. The van der Waals surface area contributed by atoms with E-state index in [-0.39, 0.29) is 9.37 Å². The van der Waals surface area contributed by atoms with Crippen LogP contribution in [0.3, 0.4) is 0 Å². The zero-order chi connectivity index (χ0) is 12.6. The number of ether oxygens (including phenoxy) is 1. The molecular weight excluding hydrogens is 336 g/mol. The molecule has 0 aromatic heterocycles. The molecule has 0 amide bonds. The third-order valence-electron chi connectivity index (χ3n) is 1.40. The number of hydrogen-bond donors (Lipinski definition) is 0. The van der Waals surface area contributed by atoms with Crippen LogP contribution in [0.15, 0.2) is 27.6 Å². The molecule has 0 saturated heterocycles. The molecule has 1 aromatic rings. The number of halogens is 5. The molecule has 0 unspecified atom stereocenters. The van der Waals surface area contributed by atoms with Gasteiger partial charge in [0.25, 0.3) is 9.05 Å². The van der Waals surface area contributed by atoms with Crippen molar-refractivity contribution in [3.05, 3.63) is 22.7 Å². The molecule has 0 bridgehead atoms. The highest BCUT2D eigenvalue weighted by Crippen LogP contribution is 2.31. The number of benzene rings is 1. The predicted molar refractivity (Wildman–Crippen MR) is 53.9 cm³/mol. The van der Waals surface area contributed by atoms with Gasteiger partial charge >= 0.3 is 6.36 Å². The molecule has 0 saturated carbocycles. The monoisotopic (exact) mass is 338 g/mol. The van der Waals surface area contributed by atoms with E-state index in [2.05, 4.69) is 20.7 Å². The Morgan fingerprint density at radius 2 is 1.88 bits per heavy atom. The van der Waals surface area contributed by atoms with Crippen LogP contribution in [0, 0.1) is 0 Å². The standard InChI is InChI=1S/C7H3BrClF3O3S/c8-5-3-4(15-7(10,11)12)1-2-6(5)16(9,13)14/h1-3H. The summed E-state index contributed by atoms with van der Waals surface area (Å²) in [6.45, 7) is 0. The van der Waals surface area contributed by atoms with Gasteiger partial charge in [0.2, 0.25) is 0 Å². The van der Waals surface area contributed by atoms with Crippen LogP contribution in [0.4, 0.5) is 13.2 Å². The highest BCUT2D eigenvalue weighted by Gasteiger charge is 2.31. The van der Waals surface area contributed by atoms with E-state index in [0.717, 1.165) is 18.2 Å². The van der Waals surface area contributed by atoms with E-state index < -0.39 is 21.2 Å². The Kier molecular flexibility index (Phi) is 3.76. The van der Waals surface area contributed by atoms with Crippen molar-refractivity contribution in [3.8, 4) is 5.75 Å². The fourth-order valence-electron chi connectivity index (χ4n) is 0.876. The van der Waals surface area contributed by atoms with E-state index in [4.69, 9.17) is 10.7 Å². The van der Waals surface area contributed by atoms with Crippen LogP contribution in [0.25, 0.3) is 0 Å². The average Bonchev–Trinajstić information content (AvgIpc) is 1.97. The molecule has 0 atom stereocenters. The van der Waals surface area contributed by atoms with Crippen LogP contribution >= 0.6 is 26.6 Å². The second-order valence-electron chi connectivity index (χ2n) is 2.58. The molecular formula is C7H3BrClF3O3S. The lowest BCUT2D eigenvalue weighted by atomic mass is 10.3. The van der Waals surface area contributed by atoms with Gasteiger partial charge in [-0.25, -0.2) is 8.42 Å². The van der Waals surface area contributed by atoms with Gasteiger partial charge in [0.05, 0.1) is 4.90 Å². The van der Waals surface area contributed by atoms with Crippen LogP contribution in [-0.4, -0.2) is 14.8 Å². The zero-order valence-electron chi connectivity index (χ0n) is 7.25. The van der Waals surface area contributed by atoms with Crippen molar-refractivity contribution in [2.45, 2.75) is 11.3 Å². The number of rotatable bonds is 2. The Bertz CT molecular complexity index is 500. The summed E-state index contributed by atoms with van der Waals surface area (Å²) in [6, 6.07) is 2.63. The first-order valence-electron chi connectivity index (χ1n) is 3.59. The van der Waals surface area contributed by atoms with Crippen molar-refractivity contribution in [2.75, 3.05) is 0 Å². The Hall–Kier alpha value is -0.470. The first-order chi connectivity index (χ1) is 7.09. The Labute approximate surface area is 102 Å². The van der Waals surface area contributed by atoms with Crippen LogP contribution in [-0.2, 0) is 9.05 Å². The average molecular weight is 340 g/mol. The molecule has 0 heterocycles. The van der Waals surface area contributed by atoms with Crippen LogP contribution in [0.1, 0.15) is 0 Å². The summed E-state index contributed by atoms with van der Waals surface area (Å²) < 4.78 is 60.8. The fourth-order valence-corrected chi connectivity index (χ4v) is 3.08.